The Bertz CT molecular complexity index is 564. The number of carbonyl (C=O) groups is 1. The summed E-state index contributed by atoms with van der Waals surface area (Å²) in [5.41, 5.74) is 0.393. The third-order valence-electron chi connectivity index (χ3n) is 3.63. The van der Waals surface area contributed by atoms with Crippen LogP contribution in [0.25, 0.3) is 0 Å². The molecule has 1 aromatic heterocycles. The molecule has 1 fully saturated rings. The number of hydrogen-bond donors (Lipinski definition) is 0. The molecule has 110 valence electrons. The van der Waals surface area contributed by atoms with Crippen LogP contribution in [0.2, 0.25) is 0 Å². The highest BCUT2D eigenvalue weighted by Crippen LogP contribution is 2.50. The molecule has 1 aliphatic carbocycles. The molecule has 0 saturated heterocycles. The minimum atomic E-state index is -3.18. The number of aryl methyl sites for hydroxylation is 1. The number of aromatic nitrogens is 1. The van der Waals surface area contributed by atoms with E-state index in [1.165, 1.54) is 7.11 Å². The highest BCUT2D eigenvalue weighted by Gasteiger charge is 2.47. The second-order valence-electron chi connectivity index (χ2n) is 5.42. The molecule has 0 unspecified atom stereocenters. The predicted molar refractivity (Wildman–Crippen MR) is 74.9 cm³/mol. The van der Waals surface area contributed by atoms with E-state index in [2.05, 4.69) is 9.72 Å². The number of pyridine rings is 1. The second-order valence-corrected chi connectivity index (χ2v) is 7.60. The number of esters is 1. The number of carbonyl (C=O) groups excluding carboxylic acids is 1. The number of nitrogens with zero attached hydrogens (tertiary/aromatic N) is 1. The molecule has 0 N–H and O–H groups in total. The lowest BCUT2D eigenvalue weighted by atomic mass is 10.1. The Morgan fingerprint density at radius 1 is 1.40 bits per heavy atom. The Morgan fingerprint density at radius 2 is 2.15 bits per heavy atom. The Balaban J connectivity index is 1.90. The SMILES string of the molecule is COC(=O)CC1(CS(=O)(=O)CCc2ccccn2)CC1. The van der Waals surface area contributed by atoms with Crippen molar-refractivity contribution in [2.24, 2.45) is 5.41 Å². The molecule has 0 atom stereocenters. The molecule has 0 amide bonds. The van der Waals surface area contributed by atoms with E-state index < -0.39 is 9.84 Å². The van der Waals surface area contributed by atoms with Gasteiger partial charge in [0.25, 0.3) is 0 Å². The smallest absolute Gasteiger partial charge is 0.306 e. The normalized spacial score (nSPS) is 16.6. The average molecular weight is 297 g/mol. The number of rotatable bonds is 7. The molecular formula is C14H19NO4S. The lowest BCUT2D eigenvalue weighted by Gasteiger charge is -2.13. The van der Waals surface area contributed by atoms with Crippen molar-refractivity contribution in [2.75, 3.05) is 18.6 Å². The fourth-order valence-electron chi connectivity index (χ4n) is 2.27. The fraction of sp³-hybridized carbons (Fsp3) is 0.571. The standard InChI is InChI=1S/C14H19NO4S/c1-19-13(16)10-14(6-7-14)11-20(17,18)9-5-12-4-2-3-8-15-12/h2-4,8H,5-7,9-11H2,1H3. The monoisotopic (exact) mass is 297 g/mol. The zero-order valence-electron chi connectivity index (χ0n) is 11.5. The Hall–Kier alpha value is -1.43. The molecule has 6 heteroatoms. The molecule has 1 saturated carbocycles. The molecule has 0 spiro atoms. The van der Waals surface area contributed by atoms with Crippen LogP contribution in [0.4, 0.5) is 0 Å². The second kappa shape index (κ2) is 5.91. The highest BCUT2D eigenvalue weighted by molar-refractivity contribution is 7.91. The lowest BCUT2D eigenvalue weighted by Crippen LogP contribution is -2.24. The van der Waals surface area contributed by atoms with Crippen molar-refractivity contribution < 1.29 is 17.9 Å². The molecule has 20 heavy (non-hydrogen) atoms. The van der Waals surface area contributed by atoms with Gasteiger partial charge in [-0.2, -0.15) is 0 Å². The van der Waals surface area contributed by atoms with E-state index in [9.17, 15) is 13.2 Å². The first kappa shape index (κ1) is 15.0. The molecule has 0 bridgehead atoms. The number of ether oxygens (including phenoxy) is 1. The van der Waals surface area contributed by atoms with Crippen LogP contribution in [-0.4, -0.2) is 38.0 Å². The molecule has 1 aromatic rings. The summed E-state index contributed by atoms with van der Waals surface area (Å²) in [7, 11) is -1.85. The van der Waals surface area contributed by atoms with Crippen LogP contribution in [-0.2, 0) is 25.8 Å². The van der Waals surface area contributed by atoms with Gasteiger partial charge in [-0.05, 0) is 30.4 Å². The summed E-state index contributed by atoms with van der Waals surface area (Å²) in [6.07, 6.45) is 3.83. The van der Waals surface area contributed by atoms with E-state index in [-0.39, 0.29) is 29.3 Å². The van der Waals surface area contributed by atoms with Gasteiger partial charge in [0.05, 0.1) is 25.0 Å². The Labute approximate surface area is 119 Å². The summed E-state index contributed by atoms with van der Waals surface area (Å²) >= 11 is 0. The lowest BCUT2D eigenvalue weighted by molar-refractivity contribution is -0.141. The maximum absolute atomic E-state index is 12.1. The summed E-state index contributed by atoms with van der Waals surface area (Å²) in [6.45, 7) is 0. The van der Waals surface area contributed by atoms with Gasteiger partial charge in [0.2, 0.25) is 0 Å². The van der Waals surface area contributed by atoms with Gasteiger partial charge in [-0.15, -0.1) is 0 Å². The Kier molecular flexibility index (Phi) is 4.42. The van der Waals surface area contributed by atoms with Gasteiger partial charge < -0.3 is 4.74 Å². The molecule has 0 aliphatic heterocycles. The number of hydrogen-bond acceptors (Lipinski definition) is 5. The third kappa shape index (κ3) is 4.30. The molecule has 0 radical (unpaired) electrons. The first-order chi connectivity index (χ1) is 9.45. The van der Waals surface area contributed by atoms with Crippen LogP contribution >= 0.6 is 0 Å². The van der Waals surface area contributed by atoms with Gasteiger partial charge in [-0.3, -0.25) is 9.78 Å². The summed E-state index contributed by atoms with van der Waals surface area (Å²) < 4.78 is 28.9. The van der Waals surface area contributed by atoms with Crippen molar-refractivity contribution in [1.29, 1.82) is 0 Å². The van der Waals surface area contributed by atoms with Gasteiger partial charge in [0.15, 0.2) is 9.84 Å². The van der Waals surface area contributed by atoms with Crippen LogP contribution in [0, 0.1) is 5.41 Å². The molecule has 5 nitrogen and oxygen atoms in total. The van der Waals surface area contributed by atoms with Gasteiger partial charge >= 0.3 is 5.97 Å². The van der Waals surface area contributed by atoms with Gasteiger partial charge in [-0.25, -0.2) is 8.42 Å². The Morgan fingerprint density at radius 3 is 2.70 bits per heavy atom. The van der Waals surface area contributed by atoms with Crippen molar-refractivity contribution in [1.82, 2.24) is 4.98 Å². The van der Waals surface area contributed by atoms with Crippen LogP contribution in [0.3, 0.4) is 0 Å². The minimum Gasteiger partial charge on any atom is -0.469 e. The fourth-order valence-corrected chi connectivity index (χ4v) is 4.26. The van der Waals surface area contributed by atoms with Gasteiger partial charge in [0.1, 0.15) is 0 Å². The predicted octanol–water partition coefficient (Wildman–Crippen LogP) is 1.38. The molecule has 1 aliphatic rings. The molecule has 0 aromatic carbocycles. The maximum Gasteiger partial charge on any atom is 0.306 e. The number of sulfone groups is 1. The van der Waals surface area contributed by atoms with Crippen LogP contribution < -0.4 is 0 Å². The van der Waals surface area contributed by atoms with E-state index in [0.717, 1.165) is 18.5 Å². The first-order valence-electron chi connectivity index (χ1n) is 6.62. The average Bonchev–Trinajstić information content (AvgIpc) is 3.16. The maximum atomic E-state index is 12.1. The molecular weight excluding hydrogens is 278 g/mol. The summed E-state index contributed by atoms with van der Waals surface area (Å²) in [6, 6.07) is 5.46. The zero-order chi connectivity index (χ0) is 14.6. The van der Waals surface area contributed by atoms with E-state index >= 15 is 0 Å². The first-order valence-corrected chi connectivity index (χ1v) is 8.44. The summed E-state index contributed by atoms with van der Waals surface area (Å²) in [4.78, 5) is 15.4. The van der Waals surface area contributed by atoms with Crippen molar-refractivity contribution >= 4 is 15.8 Å². The van der Waals surface area contributed by atoms with Crippen LogP contribution in [0.1, 0.15) is 25.0 Å². The molecule has 1 heterocycles. The van der Waals surface area contributed by atoms with Gasteiger partial charge in [0, 0.05) is 18.3 Å². The quantitative estimate of drug-likeness (QED) is 0.711. The van der Waals surface area contributed by atoms with E-state index in [0.29, 0.717) is 6.42 Å². The van der Waals surface area contributed by atoms with E-state index in [1.807, 2.05) is 12.1 Å². The topological polar surface area (TPSA) is 73.3 Å². The largest absolute Gasteiger partial charge is 0.469 e. The highest BCUT2D eigenvalue weighted by atomic mass is 32.2. The zero-order valence-corrected chi connectivity index (χ0v) is 12.4. The number of methoxy groups -OCH3 is 1. The summed E-state index contributed by atoms with van der Waals surface area (Å²) in [5, 5.41) is 0. The van der Waals surface area contributed by atoms with Crippen molar-refractivity contribution in [2.45, 2.75) is 25.7 Å². The van der Waals surface area contributed by atoms with E-state index in [4.69, 9.17) is 0 Å². The summed E-state index contributed by atoms with van der Waals surface area (Å²) in [5.74, 6) is -0.183. The van der Waals surface area contributed by atoms with Crippen molar-refractivity contribution in [3.8, 4) is 0 Å². The minimum absolute atomic E-state index is 0.0714. The van der Waals surface area contributed by atoms with E-state index in [1.54, 1.807) is 12.3 Å². The van der Waals surface area contributed by atoms with Crippen molar-refractivity contribution in [3.63, 3.8) is 0 Å². The van der Waals surface area contributed by atoms with Gasteiger partial charge in [-0.1, -0.05) is 6.07 Å². The van der Waals surface area contributed by atoms with Crippen LogP contribution in [0.5, 0.6) is 0 Å². The molecule has 2 rings (SSSR count). The van der Waals surface area contributed by atoms with Crippen molar-refractivity contribution in [3.05, 3.63) is 30.1 Å². The third-order valence-corrected chi connectivity index (χ3v) is 5.50. The van der Waals surface area contributed by atoms with Crippen LogP contribution in [0.15, 0.2) is 24.4 Å².